The Labute approximate surface area is 123 Å². The number of benzene rings is 2. The van der Waals surface area contributed by atoms with Gasteiger partial charge in [0.15, 0.2) is 0 Å². The third-order valence-electron chi connectivity index (χ3n) is 3.25. The van der Waals surface area contributed by atoms with Crippen LogP contribution in [0.1, 0.15) is 11.3 Å². The summed E-state index contributed by atoms with van der Waals surface area (Å²) < 4.78 is 27.2. The van der Waals surface area contributed by atoms with Crippen molar-refractivity contribution in [1.29, 1.82) is 0 Å². The highest BCUT2D eigenvalue weighted by Crippen LogP contribution is 2.22. The molecule has 1 heterocycles. The van der Waals surface area contributed by atoms with Crippen molar-refractivity contribution in [2.24, 2.45) is 0 Å². The van der Waals surface area contributed by atoms with Gasteiger partial charge >= 0.3 is 0 Å². The highest BCUT2D eigenvalue weighted by Gasteiger charge is 2.14. The minimum Gasteiger partial charge on any atom is -0.358 e. The van der Waals surface area contributed by atoms with E-state index in [1.54, 1.807) is 36.4 Å². The summed E-state index contributed by atoms with van der Waals surface area (Å²) in [5.74, 6) is 0. The molecule has 1 radical (unpaired) electrons. The van der Waals surface area contributed by atoms with Crippen molar-refractivity contribution in [3.05, 3.63) is 59.8 Å². The topological polar surface area (TPSA) is 62.0 Å². The van der Waals surface area contributed by atoms with Crippen LogP contribution in [-0.4, -0.2) is 13.4 Å². The maximum Gasteiger partial charge on any atom is 0.261 e. The number of sulfonamides is 1. The number of aryl methyl sites for hydroxylation is 2. The van der Waals surface area contributed by atoms with Crippen molar-refractivity contribution in [2.45, 2.75) is 18.7 Å². The second-order valence-corrected chi connectivity index (χ2v) is 6.74. The third kappa shape index (κ3) is 2.78. The third-order valence-corrected chi connectivity index (χ3v) is 4.64. The minimum atomic E-state index is -3.57. The fraction of sp³-hybridized carbons (Fsp3) is 0.125. The lowest BCUT2D eigenvalue weighted by Gasteiger charge is -2.08. The van der Waals surface area contributed by atoms with E-state index in [4.69, 9.17) is 0 Å². The van der Waals surface area contributed by atoms with E-state index >= 15 is 0 Å². The van der Waals surface area contributed by atoms with Crippen molar-refractivity contribution >= 4 is 26.6 Å². The normalized spacial score (nSPS) is 11.7. The summed E-state index contributed by atoms with van der Waals surface area (Å²) in [4.78, 5) is 3.41. The molecule has 21 heavy (non-hydrogen) atoms. The summed E-state index contributed by atoms with van der Waals surface area (Å²) in [6.45, 7) is 3.83. The smallest absolute Gasteiger partial charge is 0.261 e. The predicted molar refractivity (Wildman–Crippen MR) is 83.9 cm³/mol. The first-order valence-electron chi connectivity index (χ1n) is 6.55. The zero-order chi connectivity index (χ0) is 15.0. The minimum absolute atomic E-state index is 0.252. The molecule has 2 aromatic carbocycles. The van der Waals surface area contributed by atoms with Gasteiger partial charge in [0.2, 0.25) is 0 Å². The zero-order valence-corrected chi connectivity index (χ0v) is 12.6. The van der Waals surface area contributed by atoms with Crippen molar-refractivity contribution < 1.29 is 8.42 Å². The van der Waals surface area contributed by atoms with E-state index < -0.39 is 10.0 Å². The first-order chi connectivity index (χ1) is 9.94. The van der Waals surface area contributed by atoms with Gasteiger partial charge in [-0.2, -0.15) is 0 Å². The number of anilines is 1. The summed E-state index contributed by atoms with van der Waals surface area (Å²) in [6.07, 6.45) is 0. The fourth-order valence-corrected chi connectivity index (χ4v) is 3.24. The lowest BCUT2D eigenvalue weighted by atomic mass is 10.2. The Morgan fingerprint density at radius 3 is 2.48 bits per heavy atom. The van der Waals surface area contributed by atoms with Crippen LogP contribution in [-0.2, 0) is 10.0 Å². The highest BCUT2D eigenvalue weighted by molar-refractivity contribution is 7.92. The largest absolute Gasteiger partial charge is 0.358 e. The van der Waals surface area contributed by atoms with Crippen LogP contribution >= 0.6 is 0 Å². The first kappa shape index (κ1) is 13.7. The number of rotatable bonds is 3. The standard InChI is InChI=1S/C16H15N2O2S/c1-11-3-6-15(7-4-11)21(19,20)18-14-5-8-16-13(10-14)9-12(2)17-16/h3-8,10,17-18H,1-2H3. The van der Waals surface area contributed by atoms with Gasteiger partial charge in [-0.25, -0.2) is 8.42 Å². The van der Waals surface area contributed by atoms with E-state index in [1.807, 2.05) is 19.9 Å². The van der Waals surface area contributed by atoms with E-state index in [-0.39, 0.29) is 4.90 Å². The molecule has 0 fully saturated rings. The van der Waals surface area contributed by atoms with Crippen LogP contribution < -0.4 is 4.72 Å². The first-order valence-corrected chi connectivity index (χ1v) is 8.03. The van der Waals surface area contributed by atoms with Gasteiger partial charge in [-0.05, 0) is 44.2 Å². The number of aromatic nitrogens is 1. The molecule has 0 aliphatic rings. The Balaban J connectivity index is 1.94. The van der Waals surface area contributed by atoms with Crippen molar-refractivity contribution in [2.75, 3.05) is 4.72 Å². The molecule has 0 aliphatic heterocycles. The van der Waals surface area contributed by atoms with E-state index in [0.29, 0.717) is 5.69 Å². The SMILES string of the molecule is Cc1ccc(S(=O)(=O)Nc2ccc3[nH]c(C)[c]c3c2)cc1. The number of hydrogen-bond donors (Lipinski definition) is 2. The van der Waals surface area contributed by atoms with Crippen LogP contribution in [0.4, 0.5) is 5.69 Å². The lowest BCUT2D eigenvalue weighted by Crippen LogP contribution is -2.12. The Hall–Kier alpha value is -2.27. The molecule has 0 aliphatic carbocycles. The molecule has 3 aromatic rings. The molecule has 0 saturated carbocycles. The van der Waals surface area contributed by atoms with E-state index in [9.17, 15) is 8.42 Å². The van der Waals surface area contributed by atoms with Crippen LogP contribution in [0.3, 0.4) is 0 Å². The summed E-state index contributed by atoms with van der Waals surface area (Å²) in [7, 11) is -3.57. The Morgan fingerprint density at radius 1 is 1.05 bits per heavy atom. The van der Waals surface area contributed by atoms with Gasteiger partial charge in [-0.15, -0.1) is 0 Å². The predicted octanol–water partition coefficient (Wildman–Crippen LogP) is 3.39. The summed E-state index contributed by atoms with van der Waals surface area (Å²) in [5.41, 5.74) is 3.40. The monoisotopic (exact) mass is 299 g/mol. The van der Waals surface area contributed by atoms with E-state index in [1.165, 1.54) is 0 Å². The van der Waals surface area contributed by atoms with Crippen LogP contribution in [0.5, 0.6) is 0 Å². The molecule has 0 atom stereocenters. The number of H-pyrrole nitrogens is 1. The molecule has 0 amide bonds. The molecule has 4 nitrogen and oxygen atoms in total. The van der Waals surface area contributed by atoms with Crippen LogP contribution in [0.2, 0.25) is 0 Å². The zero-order valence-electron chi connectivity index (χ0n) is 11.8. The van der Waals surface area contributed by atoms with Crippen molar-refractivity contribution in [3.8, 4) is 0 Å². The molecule has 2 N–H and O–H groups in total. The maximum absolute atomic E-state index is 12.3. The second kappa shape index (κ2) is 4.93. The van der Waals surface area contributed by atoms with Crippen LogP contribution in [0.25, 0.3) is 10.9 Å². The van der Waals surface area contributed by atoms with Gasteiger partial charge in [-0.3, -0.25) is 4.72 Å². The Kier molecular flexibility index (Phi) is 3.22. The van der Waals surface area contributed by atoms with Crippen LogP contribution in [0.15, 0.2) is 47.4 Å². The van der Waals surface area contributed by atoms with Crippen LogP contribution in [0, 0.1) is 19.9 Å². The summed E-state index contributed by atoms with van der Waals surface area (Å²) >= 11 is 0. The second-order valence-electron chi connectivity index (χ2n) is 5.05. The molecule has 1 aromatic heterocycles. The van der Waals surface area contributed by atoms with Gasteiger partial charge < -0.3 is 4.98 Å². The lowest BCUT2D eigenvalue weighted by molar-refractivity contribution is 0.601. The average molecular weight is 299 g/mol. The molecular formula is C16H15N2O2S. The molecule has 0 unspecified atom stereocenters. The number of fused-ring (bicyclic) bond motifs is 1. The molecule has 3 rings (SSSR count). The quantitative estimate of drug-likeness (QED) is 0.778. The molecular weight excluding hydrogens is 284 g/mol. The number of nitrogens with one attached hydrogen (secondary N) is 2. The van der Waals surface area contributed by atoms with Gasteiger partial charge in [0.1, 0.15) is 0 Å². The van der Waals surface area contributed by atoms with E-state index in [2.05, 4.69) is 15.8 Å². The summed E-state index contributed by atoms with van der Waals surface area (Å²) in [5, 5.41) is 0.858. The fourth-order valence-electron chi connectivity index (χ4n) is 2.19. The maximum atomic E-state index is 12.3. The Morgan fingerprint density at radius 2 is 1.76 bits per heavy atom. The summed E-state index contributed by atoms with van der Waals surface area (Å²) in [6, 6.07) is 15.2. The molecule has 0 bridgehead atoms. The average Bonchev–Trinajstić information content (AvgIpc) is 2.78. The molecule has 107 valence electrons. The van der Waals surface area contributed by atoms with Crippen molar-refractivity contribution in [1.82, 2.24) is 4.98 Å². The number of hydrogen-bond acceptors (Lipinski definition) is 2. The molecule has 5 heteroatoms. The molecule has 0 spiro atoms. The van der Waals surface area contributed by atoms with Gasteiger partial charge in [0.25, 0.3) is 10.0 Å². The van der Waals surface area contributed by atoms with Gasteiger partial charge in [0.05, 0.1) is 4.90 Å². The van der Waals surface area contributed by atoms with Gasteiger partial charge in [0, 0.05) is 28.4 Å². The Bertz CT molecular complexity index is 894. The highest BCUT2D eigenvalue weighted by atomic mass is 32.2. The molecule has 0 saturated heterocycles. The van der Waals surface area contributed by atoms with Crippen molar-refractivity contribution in [3.63, 3.8) is 0 Å². The van der Waals surface area contributed by atoms with Gasteiger partial charge in [-0.1, -0.05) is 17.7 Å². The van der Waals surface area contributed by atoms with E-state index in [0.717, 1.165) is 22.2 Å². The number of aromatic amines is 1.